The highest BCUT2D eigenvalue weighted by Crippen LogP contribution is 2.19. The van der Waals surface area contributed by atoms with Crippen molar-refractivity contribution in [1.29, 1.82) is 0 Å². The molecular weight excluding hydrogens is 228 g/mol. The monoisotopic (exact) mass is 250 g/mol. The molecule has 0 amide bonds. The normalized spacial score (nSPS) is 16.6. The van der Waals surface area contributed by atoms with E-state index in [4.69, 9.17) is 9.47 Å². The molecule has 0 spiro atoms. The average Bonchev–Trinajstić information content (AvgIpc) is 3.20. The van der Waals surface area contributed by atoms with Gasteiger partial charge >= 0.3 is 0 Å². The Morgan fingerprint density at radius 3 is 2.89 bits per heavy atom. The van der Waals surface area contributed by atoms with E-state index in [1.165, 1.54) is 12.8 Å². The van der Waals surface area contributed by atoms with Crippen LogP contribution >= 0.6 is 0 Å². The average molecular weight is 250 g/mol. The van der Waals surface area contributed by atoms with Crippen LogP contribution in [0.3, 0.4) is 0 Å². The van der Waals surface area contributed by atoms with Crippen molar-refractivity contribution in [1.82, 2.24) is 10.3 Å². The molecular formula is C14H22N2O2. The summed E-state index contributed by atoms with van der Waals surface area (Å²) in [5.41, 5.74) is 1.07. The van der Waals surface area contributed by atoms with Crippen LogP contribution in [0.5, 0.6) is 5.75 Å². The molecule has 1 aliphatic carbocycles. The van der Waals surface area contributed by atoms with Gasteiger partial charge in [-0.2, -0.15) is 0 Å². The Hall–Kier alpha value is -1.13. The second kappa shape index (κ2) is 6.71. The summed E-state index contributed by atoms with van der Waals surface area (Å²) < 4.78 is 10.8. The van der Waals surface area contributed by atoms with Crippen molar-refractivity contribution in [3.05, 3.63) is 24.0 Å². The molecule has 0 aliphatic heterocycles. The molecule has 0 aromatic carbocycles. The molecule has 1 heterocycles. The lowest BCUT2D eigenvalue weighted by Crippen LogP contribution is -2.16. The van der Waals surface area contributed by atoms with Gasteiger partial charge in [0.05, 0.1) is 18.0 Å². The first-order valence-corrected chi connectivity index (χ1v) is 6.62. The van der Waals surface area contributed by atoms with Crippen LogP contribution < -0.4 is 10.1 Å². The van der Waals surface area contributed by atoms with Gasteiger partial charge in [-0.3, -0.25) is 4.98 Å². The molecule has 2 rings (SSSR count). The number of pyridine rings is 1. The summed E-state index contributed by atoms with van der Waals surface area (Å²) >= 11 is 0. The lowest BCUT2D eigenvalue weighted by Gasteiger charge is -2.14. The van der Waals surface area contributed by atoms with Gasteiger partial charge in [-0.25, -0.2) is 0 Å². The van der Waals surface area contributed by atoms with Crippen molar-refractivity contribution >= 4 is 0 Å². The van der Waals surface area contributed by atoms with E-state index < -0.39 is 0 Å². The van der Waals surface area contributed by atoms with Crippen molar-refractivity contribution in [3.8, 4) is 5.75 Å². The van der Waals surface area contributed by atoms with Crippen molar-refractivity contribution in [2.75, 3.05) is 13.7 Å². The predicted octanol–water partition coefficient (Wildman–Crippen LogP) is 2.14. The van der Waals surface area contributed by atoms with Crippen LogP contribution in [0.4, 0.5) is 0 Å². The van der Waals surface area contributed by atoms with Crippen molar-refractivity contribution in [3.63, 3.8) is 0 Å². The number of hydrogen-bond donors (Lipinski definition) is 1. The van der Waals surface area contributed by atoms with E-state index in [1.807, 2.05) is 19.1 Å². The molecule has 1 atom stereocenters. The van der Waals surface area contributed by atoms with Crippen molar-refractivity contribution in [2.24, 2.45) is 0 Å². The minimum Gasteiger partial charge on any atom is -0.489 e. The molecule has 1 aromatic rings. The molecule has 0 radical (unpaired) electrons. The van der Waals surface area contributed by atoms with Gasteiger partial charge in [0, 0.05) is 32.7 Å². The summed E-state index contributed by atoms with van der Waals surface area (Å²) in [5, 5.41) is 3.44. The molecule has 1 unspecified atom stereocenters. The van der Waals surface area contributed by atoms with Gasteiger partial charge in [0.25, 0.3) is 0 Å². The first-order chi connectivity index (χ1) is 8.78. The fourth-order valence-electron chi connectivity index (χ4n) is 1.70. The third-order valence-corrected chi connectivity index (χ3v) is 3.01. The molecule has 1 aromatic heterocycles. The van der Waals surface area contributed by atoms with Gasteiger partial charge in [-0.05, 0) is 31.9 Å². The maximum absolute atomic E-state index is 5.75. The summed E-state index contributed by atoms with van der Waals surface area (Å²) in [6.07, 6.45) is 5.45. The summed E-state index contributed by atoms with van der Waals surface area (Å²) in [7, 11) is 1.70. The molecule has 1 saturated carbocycles. The van der Waals surface area contributed by atoms with E-state index in [-0.39, 0.29) is 6.10 Å². The summed E-state index contributed by atoms with van der Waals surface area (Å²) in [6.45, 7) is 3.61. The number of nitrogens with zero attached hydrogens (tertiary/aromatic N) is 1. The fraction of sp³-hybridized carbons (Fsp3) is 0.643. The van der Waals surface area contributed by atoms with Gasteiger partial charge in [0.2, 0.25) is 0 Å². The molecule has 0 saturated heterocycles. The second-order valence-corrected chi connectivity index (χ2v) is 4.85. The third kappa shape index (κ3) is 4.63. The quantitative estimate of drug-likeness (QED) is 0.767. The molecule has 0 bridgehead atoms. The summed E-state index contributed by atoms with van der Waals surface area (Å²) in [4.78, 5) is 4.39. The summed E-state index contributed by atoms with van der Waals surface area (Å²) in [6, 6.07) is 4.73. The van der Waals surface area contributed by atoms with Crippen LogP contribution in [0.15, 0.2) is 18.3 Å². The van der Waals surface area contributed by atoms with E-state index in [1.54, 1.807) is 13.3 Å². The smallest absolute Gasteiger partial charge is 0.138 e. The molecule has 1 N–H and O–H groups in total. The van der Waals surface area contributed by atoms with Crippen LogP contribution in [-0.4, -0.2) is 30.8 Å². The van der Waals surface area contributed by atoms with Crippen LogP contribution in [-0.2, 0) is 11.3 Å². The Morgan fingerprint density at radius 1 is 1.44 bits per heavy atom. The highest BCUT2D eigenvalue weighted by Gasteiger charge is 2.20. The Morgan fingerprint density at radius 2 is 2.28 bits per heavy atom. The van der Waals surface area contributed by atoms with Crippen LogP contribution in [0.2, 0.25) is 0 Å². The highest BCUT2D eigenvalue weighted by atomic mass is 16.5. The van der Waals surface area contributed by atoms with E-state index in [0.717, 1.165) is 37.1 Å². The topological polar surface area (TPSA) is 43.4 Å². The maximum atomic E-state index is 5.75. The van der Waals surface area contributed by atoms with E-state index in [2.05, 4.69) is 10.3 Å². The fourth-order valence-corrected chi connectivity index (χ4v) is 1.70. The molecule has 1 aliphatic rings. The zero-order chi connectivity index (χ0) is 12.8. The predicted molar refractivity (Wildman–Crippen MR) is 70.7 cm³/mol. The molecule has 100 valence electrons. The summed E-state index contributed by atoms with van der Waals surface area (Å²) in [5.74, 6) is 0.828. The Kier molecular flexibility index (Phi) is 4.96. The zero-order valence-corrected chi connectivity index (χ0v) is 11.2. The number of aromatic nitrogens is 1. The minimum absolute atomic E-state index is 0.155. The SMILES string of the molecule is COCCC(C)Oc1ccc(CNC2CC2)nc1. The van der Waals surface area contributed by atoms with Gasteiger partial charge in [-0.15, -0.1) is 0 Å². The molecule has 4 heteroatoms. The Labute approximate surface area is 109 Å². The number of ether oxygens (including phenoxy) is 2. The van der Waals surface area contributed by atoms with Gasteiger partial charge in [-0.1, -0.05) is 0 Å². The van der Waals surface area contributed by atoms with Gasteiger partial charge in [0.1, 0.15) is 5.75 Å². The maximum Gasteiger partial charge on any atom is 0.138 e. The highest BCUT2D eigenvalue weighted by molar-refractivity contribution is 5.20. The number of hydrogen-bond acceptors (Lipinski definition) is 4. The first kappa shape index (κ1) is 13.3. The van der Waals surface area contributed by atoms with E-state index >= 15 is 0 Å². The van der Waals surface area contributed by atoms with Crippen LogP contribution in [0.25, 0.3) is 0 Å². The Bertz CT molecular complexity index is 349. The largest absolute Gasteiger partial charge is 0.489 e. The van der Waals surface area contributed by atoms with E-state index in [9.17, 15) is 0 Å². The molecule has 1 fully saturated rings. The number of rotatable bonds is 8. The second-order valence-electron chi connectivity index (χ2n) is 4.85. The molecule has 18 heavy (non-hydrogen) atoms. The Balaban J connectivity index is 1.75. The lowest BCUT2D eigenvalue weighted by atomic mass is 10.3. The standard InChI is InChI=1S/C14H22N2O2/c1-11(7-8-17-2)18-14-6-5-13(16-10-14)9-15-12-3-4-12/h5-6,10-12,15H,3-4,7-9H2,1-2H3. The third-order valence-electron chi connectivity index (χ3n) is 3.01. The zero-order valence-electron chi connectivity index (χ0n) is 11.2. The minimum atomic E-state index is 0.155. The first-order valence-electron chi connectivity index (χ1n) is 6.62. The van der Waals surface area contributed by atoms with Gasteiger partial charge < -0.3 is 14.8 Å². The van der Waals surface area contributed by atoms with Crippen molar-refractivity contribution in [2.45, 2.75) is 44.9 Å². The van der Waals surface area contributed by atoms with Crippen molar-refractivity contribution < 1.29 is 9.47 Å². The number of nitrogens with one attached hydrogen (secondary N) is 1. The van der Waals surface area contributed by atoms with Gasteiger partial charge in [0.15, 0.2) is 0 Å². The number of methoxy groups -OCH3 is 1. The van der Waals surface area contributed by atoms with Crippen LogP contribution in [0, 0.1) is 0 Å². The molecule has 4 nitrogen and oxygen atoms in total. The van der Waals surface area contributed by atoms with Crippen LogP contribution in [0.1, 0.15) is 31.9 Å². The van der Waals surface area contributed by atoms with E-state index in [0.29, 0.717) is 0 Å². The lowest BCUT2D eigenvalue weighted by molar-refractivity contribution is 0.135.